The third kappa shape index (κ3) is 3.66. The molecule has 168 valence electrons. The predicted molar refractivity (Wildman–Crippen MR) is 125 cm³/mol. The average molecular weight is 445 g/mol. The van der Waals surface area contributed by atoms with Crippen molar-refractivity contribution in [3.63, 3.8) is 0 Å². The first kappa shape index (κ1) is 21.2. The third-order valence-corrected chi connectivity index (χ3v) is 6.44. The summed E-state index contributed by atoms with van der Waals surface area (Å²) < 4.78 is 21.4. The molecule has 0 saturated carbocycles. The van der Waals surface area contributed by atoms with Gasteiger partial charge in [-0.25, -0.2) is 9.18 Å². The van der Waals surface area contributed by atoms with E-state index in [2.05, 4.69) is 4.57 Å². The van der Waals surface area contributed by atoms with Gasteiger partial charge in [0.15, 0.2) is 0 Å². The second-order valence-electron chi connectivity index (χ2n) is 8.47. The van der Waals surface area contributed by atoms with Gasteiger partial charge in [-0.2, -0.15) is 0 Å². The normalized spacial score (nSPS) is 14.6. The Hall–Kier alpha value is -3.64. The lowest BCUT2D eigenvalue weighted by Gasteiger charge is -2.26. The second-order valence-corrected chi connectivity index (χ2v) is 8.47. The first-order chi connectivity index (χ1) is 16.0. The second kappa shape index (κ2) is 8.37. The van der Waals surface area contributed by atoms with E-state index in [1.807, 2.05) is 25.1 Å². The van der Waals surface area contributed by atoms with Gasteiger partial charge in [0.25, 0.3) is 0 Å². The summed E-state index contributed by atoms with van der Waals surface area (Å²) in [7, 11) is 0. The number of aromatic nitrogens is 1. The highest BCUT2D eigenvalue weighted by molar-refractivity contribution is 6.04. The summed E-state index contributed by atoms with van der Waals surface area (Å²) in [5, 5.41) is 21.5. The quantitative estimate of drug-likeness (QED) is 0.402. The lowest BCUT2D eigenvalue weighted by molar-refractivity contribution is 0.0697. The van der Waals surface area contributed by atoms with Crippen molar-refractivity contribution in [1.82, 2.24) is 4.57 Å². The summed E-state index contributed by atoms with van der Waals surface area (Å²) in [6.07, 6.45) is 1.59. The molecule has 0 aliphatic carbocycles. The third-order valence-electron chi connectivity index (χ3n) is 6.44. The smallest absolute Gasteiger partial charge is 0.335 e. The molecule has 0 spiro atoms. The van der Waals surface area contributed by atoms with Crippen molar-refractivity contribution in [2.24, 2.45) is 0 Å². The summed E-state index contributed by atoms with van der Waals surface area (Å²) in [5.74, 6) is -1.04. The minimum Gasteiger partial charge on any atom is -0.507 e. The molecule has 6 heteroatoms. The van der Waals surface area contributed by atoms with Crippen LogP contribution in [0.15, 0.2) is 60.7 Å². The van der Waals surface area contributed by atoms with Crippen LogP contribution in [-0.2, 0) is 4.74 Å². The maximum Gasteiger partial charge on any atom is 0.335 e. The summed E-state index contributed by atoms with van der Waals surface area (Å²) in [4.78, 5) is 11.7. The number of halogens is 1. The number of aromatic carboxylic acids is 1. The van der Waals surface area contributed by atoms with Crippen LogP contribution in [0.5, 0.6) is 5.75 Å². The minimum atomic E-state index is -1.01. The van der Waals surface area contributed by atoms with E-state index in [0.29, 0.717) is 18.6 Å². The average Bonchev–Trinajstić information content (AvgIpc) is 3.18. The number of benzene rings is 3. The number of carbonyl (C=O) groups is 1. The van der Waals surface area contributed by atoms with Gasteiger partial charge in [-0.05, 0) is 73.4 Å². The van der Waals surface area contributed by atoms with Crippen LogP contribution in [0, 0.1) is 12.7 Å². The van der Waals surface area contributed by atoms with E-state index in [9.17, 15) is 19.4 Å². The van der Waals surface area contributed by atoms with Gasteiger partial charge < -0.3 is 19.5 Å². The Kier molecular flexibility index (Phi) is 5.38. The van der Waals surface area contributed by atoms with E-state index in [1.54, 1.807) is 30.3 Å². The molecule has 2 N–H and O–H groups in total. The highest BCUT2D eigenvalue weighted by Crippen LogP contribution is 2.47. The fraction of sp³-hybridized carbons (Fsp3) is 0.222. The molecule has 1 aliphatic heterocycles. The van der Waals surface area contributed by atoms with E-state index in [0.717, 1.165) is 46.4 Å². The number of carboxylic acids is 1. The van der Waals surface area contributed by atoms with Crippen LogP contribution in [0.3, 0.4) is 0 Å². The maximum absolute atomic E-state index is 13.8. The number of phenolic OH excluding ortho intramolecular Hbond substituents is 1. The molecule has 5 nitrogen and oxygen atoms in total. The lowest BCUT2D eigenvalue weighted by atomic mass is 9.89. The molecule has 33 heavy (non-hydrogen) atoms. The Morgan fingerprint density at radius 1 is 1.06 bits per heavy atom. The van der Waals surface area contributed by atoms with Crippen molar-refractivity contribution < 1.29 is 24.1 Å². The van der Waals surface area contributed by atoms with Gasteiger partial charge in [-0.1, -0.05) is 18.2 Å². The number of carboxylic acid groups (broad SMARTS) is 1. The van der Waals surface area contributed by atoms with Crippen LogP contribution < -0.4 is 0 Å². The molecule has 2 heterocycles. The van der Waals surface area contributed by atoms with Gasteiger partial charge >= 0.3 is 5.97 Å². The monoisotopic (exact) mass is 445 g/mol. The lowest BCUT2D eigenvalue weighted by Crippen LogP contribution is -2.17. The van der Waals surface area contributed by atoms with Crippen molar-refractivity contribution in [1.29, 1.82) is 0 Å². The highest BCUT2D eigenvalue weighted by atomic mass is 19.1. The van der Waals surface area contributed by atoms with Crippen molar-refractivity contribution in [3.8, 4) is 22.6 Å². The Morgan fingerprint density at radius 3 is 2.48 bits per heavy atom. The first-order valence-electron chi connectivity index (χ1n) is 11.0. The van der Waals surface area contributed by atoms with E-state index in [-0.39, 0.29) is 23.0 Å². The Balaban J connectivity index is 1.91. The largest absolute Gasteiger partial charge is 0.507 e. The van der Waals surface area contributed by atoms with Gasteiger partial charge in [0.1, 0.15) is 11.6 Å². The first-order valence-corrected chi connectivity index (χ1v) is 11.0. The number of aryl methyl sites for hydroxylation is 1. The fourth-order valence-electron chi connectivity index (χ4n) is 4.81. The molecular formula is C27H24FNO4. The molecule has 0 bridgehead atoms. The molecule has 4 aromatic rings. The number of ether oxygens (including phenoxy) is 1. The predicted octanol–water partition coefficient (Wildman–Crippen LogP) is 6.04. The Labute approximate surface area is 190 Å². The number of aromatic hydroxyl groups is 1. The van der Waals surface area contributed by atoms with Gasteiger partial charge in [0, 0.05) is 36.1 Å². The van der Waals surface area contributed by atoms with Gasteiger partial charge in [-0.3, -0.25) is 0 Å². The number of rotatable bonds is 4. The van der Waals surface area contributed by atoms with E-state index in [4.69, 9.17) is 4.74 Å². The van der Waals surface area contributed by atoms with Crippen LogP contribution in [-0.4, -0.2) is 34.0 Å². The molecule has 1 aromatic heterocycles. The zero-order valence-corrected chi connectivity index (χ0v) is 18.2. The van der Waals surface area contributed by atoms with Crippen molar-refractivity contribution in [2.45, 2.75) is 25.7 Å². The topological polar surface area (TPSA) is 71.7 Å². The molecular weight excluding hydrogens is 421 g/mol. The van der Waals surface area contributed by atoms with Gasteiger partial charge in [-0.15, -0.1) is 0 Å². The zero-order valence-electron chi connectivity index (χ0n) is 18.2. The minimum absolute atomic E-state index is 0.124. The molecule has 1 fully saturated rings. The maximum atomic E-state index is 13.8. The molecule has 0 radical (unpaired) electrons. The zero-order chi connectivity index (χ0) is 23.1. The number of nitrogens with zero attached hydrogens (tertiary/aromatic N) is 1. The summed E-state index contributed by atoms with van der Waals surface area (Å²) >= 11 is 0. The fourth-order valence-corrected chi connectivity index (χ4v) is 4.81. The molecule has 3 aromatic carbocycles. The number of hydrogen-bond acceptors (Lipinski definition) is 3. The summed E-state index contributed by atoms with van der Waals surface area (Å²) in [6, 6.07) is 16.9. The standard InChI is InChI=1S/C27H24FNO4/c1-16-5-10-22-24(26(16)30)23(18-3-2-4-19(15-18)27(31)32)25(17-11-13-33-14-12-17)29(22)21-8-6-20(28)7-9-21/h2-10,15,17,30H,11-14H2,1H3,(H,31,32). The Morgan fingerprint density at radius 2 is 1.79 bits per heavy atom. The molecule has 1 saturated heterocycles. The SMILES string of the molecule is Cc1ccc2c(c1O)c(-c1cccc(C(=O)O)c1)c(C1CCOCC1)n2-c1ccc(F)cc1. The molecule has 0 amide bonds. The van der Waals surface area contributed by atoms with Crippen LogP contribution >= 0.6 is 0 Å². The van der Waals surface area contributed by atoms with E-state index < -0.39 is 5.97 Å². The molecule has 0 atom stereocenters. The van der Waals surface area contributed by atoms with E-state index >= 15 is 0 Å². The summed E-state index contributed by atoms with van der Waals surface area (Å²) in [6.45, 7) is 3.08. The van der Waals surface area contributed by atoms with Crippen molar-refractivity contribution >= 4 is 16.9 Å². The van der Waals surface area contributed by atoms with Crippen LogP contribution in [0.25, 0.3) is 27.7 Å². The van der Waals surface area contributed by atoms with Gasteiger partial charge in [0.05, 0.1) is 16.5 Å². The van der Waals surface area contributed by atoms with Crippen molar-refractivity contribution in [3.05, 3.63) is 83.3 Å². The van der Waals surface area contributed by atoms with Gasteiger partial charge in [0.2, 0.25) is 0 Å². The Bertz CT molecular complexity index is 1350. The van der Waals surface area contributed by atoms with Crippen LogP contribution in [0.1, 0.15) is 40.4 Å². The van der Waals surface area contributed by atoms with E-state index in [1.165, 1.54) is 12.1 Å². The van der Waals surface area contributed by atoms with Crippen molar-refractivity contribution in [2.75, 3.05) is 13.2 Å². The number of hydrogen-bond donors (Lipinski definition) is 2. The highest BCUT2D eigenvalue weighted by Gasteiger charge is 2.29. The molecule has 5 rings (SSSR count). The van der Waals surface area contributed by atoms with Crippen LogP contribution in [0.2, 0.25) is 0 Å². The number of phenols is 1. The molecule has 0 unspecified atom stereocenters. The number of fused-ring (bicyclic) bond motifs is 1. The summed E-state index contributed by atoms with van der Waals surface area (Å²) in [5.41, 5.74) is 5.00. The molecule has 1 aliphatic rings. The van der Waals surface area contributed by atoms with Crippen LogP contribution in [0.4, 0.5) is 4.39 Å².